The normalized spacial score (nSPS) is 12.9. The fraction of sp³-hybridized carbons (Fsp3) is 0.714. The summed E-state index contributed by atoms with van der Waals surface area (Å²) < 4.78 is 0. The minimum absolute atomic E-state index is 0.718. The van der Waals surface area contributed by atoms with E-state index in [2.05, 4.69) is 38.2 Å². The van der Waals surface area contributed by atoms with Crippen molar-refractivity contribution in [3.05, 3.63) is 21.9 Å². The molecule has 0 bridgehead atoms. The summed E-state index contributed by atoms with van der Waals surface area (Å²) in [6, 6.07) is 5.30. The molecule has 0 aliphatic carbocycles. The van der Waals surface area contributed by atoms with Gasteiger partial charge in [-0.15, -0.1) is 11.3 Å². The highest BCUT2D eigenvalue weighted by molar-refractivity contribution is 7.11. The molecule has 1 nitrogen and oxygen atoms in total. The summed E-state index contributed by atoms with van der Waals surface area (Å²) in [7, 11) is 0. The third-order valence-corrected chi connectivity index (χ3v) is 4.32. The van der Waals surface area contributed by atoms with E-state index in [0.717, 1.165) is 12.6 Å². The van der Waals surface area contributed by atoms with Crippen LogP contribution in [0.25, 0.3) is 0 Å². The number of aryl methyl sites for hydroxylation is 2. The third-order valence-electron chi connectivity index (χ3n) is 3.03. The molecule has 0 fully saturated rings. The molecule has 1 atom stereocenters. The van der Waals surface area contributed by atoms with Crippen molar-refractivity contribution in [2.24, 2.45) is 0 Å². The van der Waals surface area contributed by atoms with E-state index in [1.54, 1.807) is 4.88 Å². The lowest BCUT2D eigenvalue weighted by atomic mass is 10.1. The Morgan fingerprint density at radius 1 is 1.19 bits per heavy atom. The van der Waals surface area contributed by atoms with Gasteiger partial charge in [-0.3, -0.25) is 0 Å². The number of nitrogens with one attached hydrogen (secondary N) is 1. The van der Waals surface area contributed by atoms with Crippen molar-refractivity contribution in [2.45, 2.75) is 58.9 Å². The molecular formula is C14H25NS. The molecule has 1 N–H and O–H groups in total. The maximum absolute atomic E-state index is 3.54. The average molecular weight is 239 g/mol. The highest BCUT2D eigenvalue weighted by Gasteiger charge is 2.04. The first-order valence-electron chi connectivity index (χ1n) is 6.61. The minimum atomic E-state index is 0.718. The number of hydrogen-bond acceptors (Lipinski definition) is 2. The van der Waals surface area contributed by atoms with Gasteiger partial charge in [0.2, 0.25) is 0 Å². The van der Waals surface area contributed by atoms with Crippen LogP contribution in [0.3, 0.4) is 0 Å². The Labute approximate surface area is 104 Å². The van der Waals surface area contributed by atoms with E-state index >= 15 is 0 Å². The van der Waals surface area contributed by atoms with E-state index in [0.29, 0.717) is 0 Å². The largest absolute Gasteiger partial charge is 0.314 e. The van der Waals surface area contributed by atoms with Crippen LogP contribution in [0.15, 0.2) is 12.1 Å². The molecule has 1 heterocycles. The Bertz CT molecular complexity index is 280. The van der Waals surface area contributed by atoms with E-state index < -0.39 is 0 Å². The molecule has 0 aliphatic rings. The first-order chi connectivity index (χ1) is 7.80. The monoisotopic (exact) mass is 239 g/mol. The highest BCUT2D eigenvalue weighted by Crippen LogP contribution is 2.19. The van der Waals surface area contributed by atoms with Gasteiger partial charge < -0.3 is 5.32 Å². The predicted octanol–water partition coefficient (Wildman–Crippen LogP) is 4.02. The van der Waals surface area contributed by atoms with Crippen LogP contribution in [-0.4, -0.2) is 12.6 Å². The van der Waals surface area contributed by atoms with Crippen molar-refractivity contribution in [1.82, 2.24) is 5.32 Å². The average Bonchev–Trinajstić information content (AvgIpc) is 2.76. The van der Waals surface area contributed by atoms with Crippen LogP contribution in [0.5, 0.6) is 0 Å². The van der Waals surface area contributed by atoms with Crippen molar-refractivity contribution in [2.75, 3.05) is 6.54 Å². The van der Waals surface area contributed by atoms with Crippen LogP contribution in [0.2, 0.25) is 0 Å². The molecule has 0 spiro atoms. The molecule has 1 unspecified atom stereocenters. The van der Waals surface area contributed by atoms with E-state index in [9.17, 15) is 0 Å². The lowest BCUT2D eigenvalue weighted by Crippen LogP contribution is -2.27. The Balaban J connectivity index is 2.23. The molecule has 0 radical (unpaired) electrons. The molecule has 92 valence electrons. The standard InChI is InChI=1S/C14H25NS/c1-4-12(15-6-3)8-7-9-14-11-10-13(5-2)16-14/h10-12,15H,4-9H2,1-3H3. The first-order valence-corrected chi connectivity index (χ1v) is 7.42. The van der Waals surface area contributed by atoms with Crippen LogP contribution >= 0.6 is 11.3 Å². The maximum atomic E-state index is 3.54. The number of thiophene rings is 1. The van der Waals surface area contributed by atoms with Crippen molar-refractivity contribution in [1.29, 1.82) is 0 Å². The first kappa shape index (κ1) is 13.7. The highest BCUT2D eigenvalue weighted by atomic mass is 32.1. The molecule has 1 rings (SSSR count). The fourth-order valence-corrected chi connectivity index (χ4v) is 3.01. The minimum Gasteiger partial charge on any atom is -0.314 e. The summed E-state index contributed by atoms with van der Waals surface area (Å²) in [5.41, 5.74) is 0. The van der Waals surface area contributed by atoms with Crippen molar-refractivity contribution in [3.63, 3.8) is 0 Å². The van der Waals surface area contributed by atoms with Gasteiger partial charge in [-0.2, -0.15) is 0 Å². The Morgan fingerprint density at radius 3 is 2.50 bits per heavy atom. The van der Waals surface area contributed by atoms with Gasteiger partial charge in [-0.1, -0.05) is 20.8 Å². The lowest BCUT2D eigenvalue weighted by molar-refractivity contribution is 0.468. The zero-order valence-electron chi connectivity index (χ0n) is 10.9. The topological polar surface area (TPSA) is 12.0 Å². The van der Waals surface area contributed by atoms with Crippen LogP contribution in [0, 0.1) is 0 Å². The fourth-order valence-electron chi connectivity index (χ4n) is 2.01. The Hall–Kier alpha value is -0.340. The molecule has 0 aliphatic heterocycles. The molecular weight excluding hydrogens is 214 g/mol. The third kappa shape index (κ3) is 4.67. The van der Waals surface area contributed by atoms with E-state index in [1.165, 1.54) is 37.0 Å². The Kier molecular flexibility index (Phi) is 6.74. The van der Waals surface area contributed by atoms with Crippen molar-refractivity contribution >= 4 is 11.3 Å². The van der Waals surface area contributed by atoms with E-state index in [-0.39, 0.29) is 0 Å². The second-order valence-electron chi connectivity index (χ2n) is 4.28. The van der Waals surface area contributed by atoms with Gasteiger partial charge in [0, 0.05) is 15.8 Å². The van der Waals surface area contributed by atoms with E-state index in [4.69, 9.17) is 0 Å². The molecule has 0 amide bonds. The molecule has 1 aromatic heterocycles. The summed E-state index contributed by atoms with van der Waals surface area (Å²) in [4.78, 5) is 3.08. The molecule has 16 heavy (non-hydrogen) atoms. The van der Waals surface area contributed by atoms with Gasteiger partial charge in [0.1, 0.15) is 0 Å². The lowest BCUT2D eigenvalue weighted by Gasteiger charge is -2.14. The summed E-state index contributed by atoms with van der Waals surface area (Å²) in [5, 5.41) is 3.54. The van der Waals surface area contributed by atoms with Crippen LogP contribution in [-0.2, 0) is 12.8 Å². The maximum Gasteiger partial charge on any atom is 0.00644 e. The van der Waals surface area contributed by atoms with Crippen molar-refractivity contribution < 1.29 is 0 Å². The number of rotatable bonds is 8. The molecule has 0 saturated heterocycles. The van der Waals surface area contributed by atoms with Crippen LogP contribution in [0.4, 0.5) is 0 Å². The van der Waals surface area contributed by atoms with Crippen LogP contribution in [0.1, 0.15) is 49.8 Å². The van der Waals surface area contributed by atoms with Gasteiger partial charge in [0.25, 0.3) is 0 Å². The van der Waals surface area contributed by atoms with Gasteiger partial charge in [0.15, 0.2) is 0 Å². The van der Waals surface area contributed by atoms with Gasteiger partial charge in [-0.05, 0) is 50.8 Å². The van der Waals surface area contributed by atoms with Crippen LogP contribution < -0.4 is 5.32 Å². The molecule has 0 aromatic carbocycles. The second kappa shape index (κ2) is 7.86. The SMILES string of the molecule is CCNC(CC)CCCc1ccc(CC)s1. The number of hydrogen-bond donors (Lipinski definition) is 1. The van der Waals surface area contributed by atoms with Gasteiger partial charge in [0.05, 0.1) is 0 Å². The quantitative estimate of drug-likeness (QED) is 0.722. The summed E-state index contributed by atoms with van der Waals surface area (Å²) in [6.45, 7) is 7.79. The molecule has 2 heteroatoms. The van der Waals surface area contributed by atoms with E-state index in [1.807, 2.05) is 11.3 Å². The van der Waals surface area contributed by atoms with Crippen molar-refractivity contribution in [3.8, 4) is 0 Å². The summed E-state index contributed by atoms with van der Waals surface area (Å²) in [6.07, 6.45) is 6.31. The summed E-state index contributed by atoms with van der Waals surface area (Å²) in [5.74, 6) is 0. The predicted molar refractivity (Wildman–Crippen MR) is 74.4 cm³/mol. The smallest absolute Gasteiger partial charge is 0.00644 e. The molecule has 1 aromatic rings. The van der Waals surface area contributed by atoms with Gasteiger partial charge >= 0.3 is 0 Å². The van der Waals surface area contributed by atoms with Gasteiger partial charge in [-0.25, -0.2) is 0 Å². The molecule has 0 saturated carbocycles. The second-order valence-corrected chi connectivity index (χ2v) is 5.53. The Morgan fingerprint density at radius 2 is 1.94 bits per heavy atom. The zero-order valence-corrected chi connectivity index (χ0v) is 11.7. The zero-order chi connectivity index (χ0) is 11.8. The summed E-state index contributed by atoms with van der Waals surface area (Å²) >= 11 is 1.99.